The molecule has 0 unspecified atom stereocenters. The molecule has 17 heavy (non-hydrogen) atoms. The fourth-order valence-electron chi connectivity index (χ4n) is 1.43. The van der Waals surface area contributed by atoms with E-state index in [9.17, 15) is 14.3 Å². The van der Waals surface area contributed by atoms with Crippen LogP contribution in [0, 0.1) is 11.2 Å². The van der Waals surface area contributed by atoms with Gasteiger partial charge in [0.25, 0.3) is 0 Å². The number of methoxy groups -OCH3 is 1. The Kier molecular flexibility index (Phi) is 3.60. The number of aromatic hydroxyl groups is 1. The summed E-state index contributed by atoms with van der Waals surface area (Å²) in [5, 5.41) is 18.6. The summed E-state index contributed by atoms with van der Waals surface area (Å²) in [6.45, 7) is 3.02. The highest BCUT2D eigenvalue weighted by Crippen LogP contribution is 2.32. The van der Waals surface area contributed by atoms with Crippen LogP contribution < -0.4 is 4.74 Å². The number of phenols is 1. The number of carboxylic acid groups (broad SMARTS) is 1. The molecule has 0 atom stereocenters. The first-order valence-corrected chi connectivity index (χ1v) is 5.06. The van der Waals surface area contributed by atoms with Gasteiger partial charge in [-0.3, -0.25) is 4.79 Å². The number of ether oxygens (including phenoxy) is 1. The maximum absolute atomic E-state index is 13.4. The van der Waals surface area contributed by atoms with Crippen LogP contribution >= 0.6 is 0 Å². The zero-order valence-corrected chi connectivity index (χ0v) is 9.95. The Morgan fingerprint density at radius 3 is 2.53 bits per heavy atom. The Morgan fingerprint density at radius 2 is 2.06 bits per heavy atom. The highest BCUT2D eigenvalue weighted by Gasteiger charge is 2.29. The summed E-state index contributed by atoms with van der Waals surface area (Å²) in [4.78, 5) is 10.9. The third-order valence-corrected chi connectivity index (χ3v) is 2.56. The molecule has 1 aromatic rings. The number of carbonyl (C=O) groups is 1. The van der Waals surface area contributed by atoms with E-state index in [-0.39, 0.29) is 23.5 Å². The molecule has 94 valence electrons. The van der Waals surface area contributed by atoms with Gasteiger partial charge in [-0.25, -0.2) is 4.39 Å². The number of halogens is 1. The van der Waals surface area contributed by atoms with Gasteiger partial charge >= 0.3 is 5.97 Å². The highest BCUT2D eigenvalue weighted by molar-refractivity contribution is 5.74. The number of carboxylic acids is 1. The normalized spacial score (nSPS) is 11.3. The third-order valence-electron chi connectivity index (χ3n) is 2.56. The summed E-state index contributed by atoms with van der Waals surface area (Å²) in [6, 6.07) is 2.24. The van der Waals surface area contributed by atoms with E-state index in [1.807, 2.05) is 0 Å². The van der Waals surface area contributed by atoms with Crippen molar-refractivity contribution < 1.29 is 24.1 Å². The number of rotatable bonds is 4. The predicted molar refractivity (Wildman–Crippen MR) is 59.7 cm³/mol. The van der Waals surface area contributed by atoms with E-state index in [4.69, 9.17) is 9.84 Å². The fraction of sp³-hybridized carbons (Fsp3) is 0.417. The molecule has 0 spiro atoms. The first-order chi connectivity index (χ1) is 7.77. The maximum atomic E-state index is 13.4. The second-order valence-electron chi connectivity index (χ2n) is 4.48. The zero-order chi connectivity index (χ0) is 13.2. The average molecular weight is 242 g/mol. The van der Waals surface area contributed by atoms with Gasteiger partial charge < -0.3 is 14.9 Å². The quantitative estimate of drug-likeness (QED) is 0.849. The van der Waals surface area contributed by atoms with Gasteiger partial charge in [0.1, 0.15) is 5.75 Å². The van der Waals surface area contributed by atoms with Crippen molar-refractivity contribution in [2.24, 2.45) is 5.41 Å². The molecular weight excluding hydrogens is 227 g/mol. The summed E-state index contributed by atoms with van der Waals surface area (Å²) >= 11 is 0. The van der Waals surface area contributed by atoms with Crippen molar-refractivity contribution in [3.05, 3.63) is 23.5 Å². The van der Waals surface area contributed by atoms with Gasteiger partial charge in [-0.15, -0.1) is 0 Å². The van der Waals surface area contributed by atoms with Crippen molar-refractivity contribution in [1.82, 2.24) is 0 Å². The molecule has 0 aliphatic heterocycles. The zero-order valence-electron chi connectivity index (χ0n) is 9.95. The smallest absolute Gasteiger partial charge is 0.309 e. The van der Waals surface area contributed by atoms with Gasteiger partial charge in [0, 0.05) is 6.07 Å². The number of phenolic OH excluding ortho intramolecular Hbond substituents is 1. The lowest BCUT2D eigenvalue weighted by molar-refractivity contribution is -0.146. The first-order valence-electron chi connectivity index (χ1n) is 5.06. The van der Waals surface area contributed by atoms with Gasteiger partial charge in [-0.05, 0) is 31.9 Å². The Balaban J connectivity index is 3.08. The molecule has 0 heterocycles. The van der Waals surface area contributed by atoms with Gasteiger partial charge in [0.15, 0.2) is 11.6 Å². The average Bonchev–Trinajstić information content (AvgIpc) is 2.22. The van der Waals surface area contributed by atoms with Crippen molar-refractivity contribution >= 4 is 5.97 Å². The van der Waals surface area contributed by atoms with Crippen molar-refractivity contribution in [3.63, 3.8) is 0 Å². The second-order valence-corrected chi connectivity index (χ2v) is 4.48. The molecule has 5 heteroatoms. The molecule has 1 aromatic carbocycles. The lowest BCUT2D eigenvalue weighted by Crippen LogP contribution is -2.26. The van der Waals surface area contributed by atoms with Crippen molar-refractivity contribution in [1.29, 1.82) is 0 Å². The minimum atomic E-state index is -1.07. The monoisotopic (exact) mass is 242 g/mol. The molecule has 0 aliphatic rings. The molecule has 4 nitrogen and oxygen atoms in total. The van der Waals surface area contributed by atoms with Crippen LogP contribution in [0.25, 0.3) is 0 Å². The Morgan fingerprint density at radius 1 is 1.47 bits per heavy atom. The number of aliphatic carboxylic acids is 1. The molecule has 0 aliphatic carbocycles. The van der Waals surface area contributed by atoms with Crippen LogP contribution in [0.5, 0.6) is 11.5 Å². The van der Waals surface area contributed by atoms with Gasteiger partial charge in [0.05, 0.1) is 12.5 Å². The maximum Gasteiger partial charge on any atom is 0.309 e. The standard InChI is InChI=1S/C12H15FO4/c1-12(2,11(15)16)6-7-4-8(13)10(17-3)5-9(7)14/h4-5,14H,6H2,1-3H3,(H,15,16). The summed E-state index contributed by atoms with van der Waals surface area (Å²) in [7, 11) is 1.29. The first kappa shape index (κ1) is 13.3. The van der Waals surface area contributed by atoms with E-state index < -0.39 is 17.2 Å². The van der Waals surface area contributed by atoms with Crippen LogP contribution in [0.15, 0.2) is 12.1 Å². The lowest BCUT2D eigenvalue weighted by atomic mass is 9.85. The fourth-order valence-corrected chi connectivity index (χ4v) is 1.43. The van der Waals surface area contributed by atoms with Crippen molar-refractivity contribution in [2.75, 3.05) is 7.11 Å². The second kappa shape index (κ2) is 4.61. The minimum absolute atomic E-state index is 0.0368. The molecule has 0 saturated carbocycles. The van der Waals surface area contributed by atoms with Crippen LogP contribution in [-0.2, 0) is 11.2 Å². The Labute approximate surface area is 98.7 Å². The summed E-state index contributed by atoms with van der Waals surface area (Å²) in [6.07, 6.45) is 0.0368. The number of benzene rings is 1. The molecule has 1 rings (SSSR count). The summed E-state index contributed by atoms with van der Waals surface area (Å²) in [5.41, 5.74) is -0.825. The molecular formula is C12H15FO4. The van der Waals surface area contributed by atoms with Crippen LogP contribution in [-0.4, -0.2) is 23.3 Å². The number of hydrogen-bond acceptors (Lipinski definition) is 3. The van der Waals surface area contributed by atoms with Gasteiger partial charge in [0.2, 0.25) is 0 Å². The van der Waals surface area contributed by atoms with E-state index in [0.29, 0.717) is 0 Å². The topological polar surface area (TPSA) is 66.8 Å². The third kappa shape index (κ3) is 2.87. The molecule has 0 saturated heterocycles. The van der Waals surface area contributed by atoms with E-state index in [0.717, 1.165) is 12.1 Å². The van der Waals surface area contributed by atoms with Crippen LogP contribution in [0.1, 0.15) is 19.4 Å². The molecule has 0 bridgehead atoms. The van der Waals surface area contributed by atoms with Gasteiger partial charge in [-0.2, -0.15) is 0 Å². The lowest BCUT2D eigenvalue weighted by Gasteiger charge is -2.20. The largest absolute Gasteiger partial charge is 0.508 e. The summed E-state index contributed by atoms with van der Waals surface area (Å²) < 4.78 is 18.1. The Bertz CT molecular complexity index is 440. The van der Waals surface area contributed by atoms with E-state index in [1.165, 1.54) is 21.0 Å². The predicted octanol–water partition coefficient (Wildman–Crippen LogP) is 2.19. The van der Waals surface area contributed by atoms with Crippen LogP contribution in [0.3, 0.4) is 0 Å². The van der Waals surface area contributed by atoms with Crippen LogP contribution in [0.2, 0.25) is 0 Å². The molecule has 0 fully saturated rings. The van der Waals surface area contributed by atoms with E-state index in [1.54, 1.807) is 0 Å². The van der Waals surface area contributed by atoms with E-state index in [2.05, 4.69) is 0 Å². The highest BCUT2D eigenvalue weighted by atomic mass is 19.1. The molecule has 0 amide bonds. The molecule has 0 aromatic heterocycles. The minimum Gasteiger partial charge on any atom is -0.508 e. The van der Waals surface area contributed by atoms with Crippen molar-refractivity contribution in [2.45, 2.75) is 20.3 Å². The van der Waals surface area contributed by atoms with Crippen LogP contribution in [0.4, 0.5) is 4.39 Å². The SMILES string of the molecule is COc1cc(O)c(CC(C)(C)C(=O)O)cc1F. The summed E-state index contributed by atoms with van der Waals surface area (Å²) in [5.74, 6) is -1.87. The molecule has 0 radical (unpaired) electrons. The Hall–Kier alpha value is -1.78. The van der Waals surface area contributed by atoms with Gasteiger partial charge in [-0.1, -0.05) is 0 Å². The molecule has 2 N–H and O–H groups in total. The van der Waals surface area contributed by atoms with E-state index >= 15 is 0 Å². The van der Waals surface area contributed by atoms with Crippen molar-refractivity contribution in [3.8, 4) is 11.5 Å². The number of hydrogen-bond donors (Lipinski definition) is 2.